The third-order valence-corrected chi connectivity index (χ3v) is 14.8. The van der Waals surface area contributed by atoms with Crippen LogP contribution in [0.1, 0.15) is 354 Å². The fraction of sp³-hybridized carbons (Fsp3) is 0.892. The highest BCUT2D eigenvalue weighted by Crippen LogP contribution is 2.18. The molecule has 0 fully saturated rings. The quantitative estimate of drug-likeness (QED) is 0.0420. The zero-order valence-electron chi connectivity index (χ0n) is 47.1. The summed E-state index contributed by atoms with van der Waals surface area (Å²) in [6, 6.07) is -0.639. The number of hydrogen-bond acceptors (Lipinski definition) is 3. The molecule has 1 amide bonds. The van der Waals surface area contributed by atoms with Crippen molar-refractivity contribution in [2.24, 2.45) is 0 Å². The molecule has 0 saturated heterocycles. The number of amides is 1. The summed E-state index contributed by atoms with van der Waals surface area (Å²) in [6.07, 6.45) is 83.5. The SMILES string of the molecule is CCCCCCCCCC/C=C\CCCCCCCCCCCCCCCCCC(=O)NC(CO)C(O)/C=C/CC/C=C/CCCCCCCCCCCCCCCCCCCCCCCCCC. The maximum atomic E-state index is 12.5. The molecule has 0 radical (unpaired) electrons. The van der Waals surface area contributed by atoms with Crippen molar-refractivity contribution in [3.63, 3.8) is 0 Å². The van der Waals surface area contributed by atoms with Gasteiger partial charge in [0.05, 0.1) is 18.8 Å². The fourth-order valence-corrected chi connectivity index (χ4v) is 10.0. The van der Waals surface area contributed by atoms with Crippen LogP contribution in [0, 0.1) is 0 Å². The van der Waals surface area contributed by atoms with E-state index in [1.165, 1.54) is 302 Å². The smallest absolute Gasteiger partial charge is 0.220 e. The predicted molar refractivity (Wildman–Crippen MR) is 308 cm³/mol. The summed E-state index contributed by atoms with van der Waals surface area (Å²) in [4.78, 5) is 12.5. The summed E-state index contributed by atoms with van der Waals surface area (Å²) in [7, 11) is 0. The summed E-state index contributed by atoms with van der Waals surface area (Å²) >= 11 is 0. The van der Waals surface area contributed by atoms with Gasteiger partial charge in [-0.25, -0.2) is 0 Å². The van der Waals surface area contributed by atoms with E-state index in [4.69, 9.17) is 0 Å². The number of aliphatic hydroxyl groups excluding tert-OH is 2. The van der Waals surface area contributed by atoms with Gasteiger partial charge in [-0.1, -0.05) is 326 Å². The lowest BCUT2D eigenvalue weighted by molar-refractivity contribution is -0.123. The minimum Gasteiger partial charge on any atom is -0.394 e. The summed E-state index contributed by atoms with van der Waals surface area (Å²) < 4.78 is 0. The van der Waals surface area contributed by atoms with E-state index in [1.54, 1.807) is 6.08 Å². The largest absolute Gasteiger partial charge is 0.394 e. The van der Waals surface area contributed by atoms with Crippen molar-refractivity contribution in [2.75, 3.05) is 6.61 Å². The van der Waals surface area contributed by atoms with E-state index in [2.05, 4.69) is 43.5 Å². The number of rotatable bonds is 59. The van der Waals surface area contributed by atoms with Gasteiger partial charge in [-0.05, 0) is 57.8 Å². The Morgan fingerprint density at radius 3 is 0.841 bits per heavy atom. The molecule has 4 nitrogen and oxygen atoms in total. The highest BCUT2D eigenvalue weighted by molar-refractivity contribution is 5.76. The molecule has 2 atom stereocenters. The molecule has 0 aliphatic rings. The molecule has 0 rings (SSSR count). The Hall–Kier alpha value is -1.39. The Labute approximate surface area is 433 Å². The summed E-state index contributed by atoms with van der Waals surface area (Å²) in [5, 5.41) is 23.2. The minimum atomic E-state index is -0.863. The first kappa shape index (κ1) is 67.6. The van der Waals surface area contributed by atoms with E-state index >= 15 is 0 Å². The van der Waals surface area contributed by atoms with Crippen molar-refractivity contribution in [1.82, 2.24) is 5.32 Å². The molecular formula is C65H125NO3. The molecule has 69 heavy (non-hydrogen) atoms. The number of nitrogens with one attached hydrogen (secondary N) is 1. The second kappa shape index (κ2) is 60.9. The number of unbranched alkanes of at least 4 members (excludes halogenated alkanes) is 48. The Kier molecular flexibility index (Phi) is 59.7. The molecule has 0 aromatic heterocycles. The van der Waals surface area contributed by atoms with Gasteiger partial charge in [-0.3, -0.25) is 4.79 Å². The Morgan fingerprint density at radius 1 is 0.333 bits per heavy atom. The molecule has 0 bridgehead atoms. The molecule has 0 saturated carbocycles. The van der Waals surface area contributed by atoms with Crippen molar-refractivity contribution in [1.29, 1.82) is 0 Å². The lowest BCUT2D eigenvalue weighted by atomic mass is 10.0. The minimum absolute atomic E-state index is 0.0677. The fourth-order valence-electron chi connectivity index (χ4n) is 10.0. The van der Waals surface area contributed by atoms with Crippen molar-refractivity contribution < 1.29 is 15.0 Å². The van der Waals surface area contributed by atoms with Crippen LogP contribution >= 0.6 is 0 Å². The van der Waals surface area contributed by atoms with Gasteiger partial charge in [0, 0.05) is 6.42 Å². The Morgan fingerprint density at radius 2 is 0.565 bits per heavy atom. The standard InChI is InChI=1S/C65H125NO3/c1-3-5-7-9-11-13-15-17-19-21-23-25-27-29-31-32-33-35-36-38-40-42-44-46-48-50-52-54-56-58-60-64(68)63(62-67)66-65(69)61-59-57-55-53-51-49-47-45-43-41-39-37-34-30-28-26-24-22-20-18-16-14-12-10-8-6-4-2/h22,24,50,52,58,60,63-64,67-68H,3-21,23,25-49,51,53-57,59,61-62H2,1-2H3,(H,66,69)/b24-22-,52-50+,60-58+. The Bertz CT molecular complexity index is 1050. The van der Waals surface area contributed by atoms with Gasteiger partial charge < -0.3 is 15.5 Å². The average Bonchev–Trinajstić information content (AvgIpc) is 3.35. The van der Waals surface area contributed by atoms with Gasteiger partial charge >= 0.3 is 0 Å². The third-order valence-electron chi connectivity index (χ3n) is 14.8. The zero-order chi connectivity index (χ0) is 49.9. The predicted octanol–water partition coefficient (Wildman–Crippen LogP) is 21.2. The molecular weight excluding hydrogens is 843 g/mol. The molecule has 2 unspecified atom stereocenters. The van der Waals surface area contributed by atoms with Crippen LogP contribution in [0.3, 0.4) is 0 Å². The van der Waals surface area contributed by atoms with Gasteiger partial charge in [-0.2, -0.15) is 0 Å². The second-order valence-corrected chi connectivity index (χ2v) is 21.8. The average molecular weight is 969 g/mol. The molecule has 4 heteroatoms. The molecule has 408 valence electrons. The number of carbonyl (C=O) groups excluding carboxylic acids is 1. The number of aliphatic hydroxyl groups is 2. The van der Waals surface area contributed by atoms with Gasteiger partial charge in [-0.15, -0.1) is 0 Å². The number of allylic oxidation sites excluding steroid dienone is 5. The first-order valence-electron chi connectivity index (χ1n) is 31.7. The van der Waals surface area contributed by atoms with Crippen LogP contribution < -0.4 is 5.32 Å². The van der Waals surface area contributed by atoms with E-state index in [0.717, 1.165) is 32.1 Å². The van der Waals surface area contributed by atoms with Gasteiger partial charge in [0.25, 0.3) is 0 Å². The lowest BCUT2D eigenvalue weighted by Crippen LogP contribution is -2.45. The van der Waals surface area contributed by atoms with E-state index < -0.39 is 12.1 Å². The molecule has 0 aromatic carbocycles. The van der Waals surface area contributed by atoms with Gasteiger partial charge in [0.15, 0.2) is 0 Å². The topological polar surface area (TPSA) is 69.6 Å². The molecule has 0 spiro atoms. The van der Waals surface area contributed by atoms with Crippen LogP contribution in [0.5, 0.6) is 0 Å². The number of carbonyl (C=O) groups is 1. The molecule has 0 heterocycles. The van der Waals surface area contributed by atoms with Gasteiger partial charge in [0.1, 0.15) is 0 Å². The van der Waals surface area contributed by atoms with Crippen LogP contribution in [-0.4, -0.2) is 34.9 Å². The van der Waals surface area contributed by atoms with Crippen LogP contribution in [0.25, 0.3) is 0 Å². The van der Waals surface area contributed by atoms with Crippen LogP contribution in [0.2, 0.25) is 0 Å². The molecule has 0 aliphatic carbocycles. The lowest BCUT2D eigenvalue weighted by Gasteiger charge is -2.19. The first-order chi connectivity index (χ1) is 34.2. The highest BCUT2D eigenvalue weighted by Gasteiger charge is 2.18. The molecule has 0 aliphatic heterocycles. The van der Waals surface area contributed by atoms with E-state index in [-0.39, 0.29) is 12.5 Å². The summed E-state index contributed by atoms with van der Waals surface area (Å²) in [5.74, 6) is -0.0677. The zero-order valence-corrected chi connectivity index (χ0v) is 47.1. The van der Waals surface area contributed by atoms with Gasteiger partial charge in [0.2, 0.25) is 5.91 Å². The monoisotopic (exact) mass is 968 g/mol. The third kappa shape index (κ3) is 57.4. The molecule has 0 aromatic rings. The van der Waals surface area contributed by atoms with Crippen LogP contribution in [0.4, 0.5) is 0 Å². The van der Waals surface area contributed by atoms with E-state index in [0.29, 0.717) is 6.42 Å². The first-order valence-corrected chi connectivity index (χ1v) is 31.7. The number of hydrogen-bond donors (Lipinski definition) is 3. The van der Waals surface area contributed by atoms with Crippen LogP contribution in [0.15, 0.2) is 36.5 Å². The highest BCUT2D eigenvalue weighted by atomic mass is 16.3. The molecule has 3 N–H and O–H groups in total. The van der Waals surface area contributed by atoms with E-state index in [9.17, 15) is 15.0 Å². The van der Waals surface area contributed by atoms with Crippen molar-refractivity contribution >= 4 is 5.91 Å². The second-order valence-electron chi connectivity index (χ2n) is 21.8. The maximum absolute atomic E-state index is 12.5. The summed E-state index contributed by atoms with van der Waals surface area (Å²) in [6.45, 7) is 4.34. The van der Waals surface area contributed by atoms with Crippen molar-refractivity contribution in [3.05, 3.63) is 36.5 Å². The summed E-state index contributed by atoms with van der Waals surface area (Å²) in [5.41, 5.74) is 0. The van der Waals surface area contributed by atoms with Crippen LogP contribution in [-0.2, 0) is 4.79 Å². The maximum Gasteiger partial charge on any atom is 0.220 e. The van der Waals surface area contributed by atoms with Crippen molar-refractivity contribution in [2.45, 2.75) is 366 Å². The van der Waals surface area contributed by atoms with Crippen molar-refractivity contribution in [3.8, 4) is 0 Å². The Balaban J connectivity index is 3.47. The van der Waals surface area contributed by atoms with E-state index in [1.807, 2.05) is 6.08 Å². The normalized spacial score (nSPS) is 12.9.